The van der Waals surface area contributed by atoms with Gasteiger partial charge >= 0.3 is 6.18 Å². The smallest absolute Gasteiger partial charge is 0.398 e. The van der Waals surface area contributed by atoms with Gasteiger partial charge in [-0.3, -0.25) is 0 Å². The van der Waals surface area contributed by atoms with E-state index in [0.29, 0.717) is 28.3 Å². The Bertz CT molecular complexity index is 806. The molecule has 0 saturated carbocycles. The minimum Gasteiger partial charge on any atom is -0.398 e. The van der Waals surface area contributed by atoms with E-state index in [-0.39, 0.29) is 0 Å². The van der Waals surface area contributed by atoms with Crippen molar-refractivity contribution in [1.29, 1.82) is 0 Å². The van der Waals surface area contributed by atoms with Crippen molar-refractivity contribution in [3.63, 3.8) is 0 Å². The average Bonchev–Trinajstić information content (AvgIpc) is 2.97. The summed E-state index contributed by atoms with van der Waals surface area (Å²) in [6.45, 7) is 0. The van der Waals surface area contributed by atoms with E-state index in [4.69, 9.17) is 5.73 Å². The van der Waals surface area contributed by atoms with E-state index in [0.717, 1.165) is 12.1 Å². The first kappa shape index (κ1) is 14.2. The van der Waals surface area contributed by atoms with Crippen molar-refractivity contribution in [1.82, 2.24) is 9.97 Å². The lowest BCUT2D eigenvalue weighted by Gasteiger charge is -2.07. The quantitative estimate of drug-likeness (QED) is 0.692. The highest BCUT2D eigenvalue weighted by Crippen LogP contribution is 2.32. The molecular formula is C16H12F3N3. The maximum absolute atomic E-state index is 12.8. The van der Waals surface area contributed by atoms with Gasteiger partial charge in [0.2, 0.25) is 0 Å². The number of hydrogen-bond donors (Lipinski definition) is 2. The van der Waals surface area contributed by atoms with Crippen LogP contribution in [-0.4, -0.2) is 9.97 Å². The maximum Gasteiger partial charge on any atom is 0.416 e. The molecule has 0 aliphatic heterocycles. The first-order valence-corrected chi connectivity index (χ1v) is 6.52. The molecule has 1 aromatic heterocycles. The molecule has 0 aliphatic carbocycles. The van der Waals surface area contributed by atoms with E-state index >= 15 is 0 Å². The summed E-state index contributed by atoms with van der Waals surface area (Å²) >= 11 is 0. The molecule has 0 spiro atoms. The Morgan fingerprint density at radius 1 is 1.00 bits per heavy atom. The van der Waals surface area contributed by atoms with Gasteiger partial charge < -0.3 is 10.7 Å². The van der Waals surface area contributed by atoms with Gasteiger partial charge in [0.15, 0.2) is 0 Å². The highest BCUT2D eigenvalue weighted by atomic mass is 19.4. The molecule has 0 unspecified atom stereocenters. The zero-order valence-corrected chi connectivity index (χ0v) is 11.4. The molecule has 3 N–H and O–H groups in total. The van der Waals surface area contributed by atoms with Crippen LogP contribution < -0.4 is 5.73 Å². The van der Waals surface area contributed by atoms with Crippen LogP contribution in [0.5, 0.6) is 0 Å². The second kappa shape index (κ2) is 5.22. The van der Waals surface area contributed by atoms with Crippen molar-refractivity contribution in [2.24, 2.45) is 0 Å². The molecule has 0 amide bonds. The number of alkyl halides is 3. The minimum atomic E-state index is -4.37. The lowest BCUT2D eigenvalue weighted by atomic mass is 10.1. The van der Waals surface area contributed by atoms with Crippen LogP contribution in [0.15, 0.2) is 54.7 Å². The van der Waals surface area contributed by atoms with Crippen molar-refractivity contribution in [3.8, 4) is 22.6 Å². The van der Waals surface area contributed by atoms with Crippen LogP contribution in [0.2, 0.25) is 0 Å². The third-order valence-electron chi connectivity index (χ3n) is 3.29. The Morgan fingerprint density at radius 2 is 1.77 bits per heavy atom. The fourth-order valence-electron chi connectivity index (χ4n) is 2.18. The highest BCUT2D eigenvalue weighted by molar-refractivity contribution is 5.73. The lowest BCUT2D eigenvalue weighted by Crippen LogP contribution is -2.04. The zero-order chi connectivity index (χ0) is 15.7. The van der Waals surface area contributed by atoms with Crippen molar-refractivity contribution in [2.45, 2.75) is 6.18 Å². The van der Waals surface area contributed by atoms with Crippen LogP contribution in [0.25, 0.3) is 22.6 Å². The minimum absolute atomic E-state index is 0.420. The maximum atomic E-state index is 12.8. The number of para-hydroxylation sites is 1. The summed E-state index contributed by atoms with van der Waals surface area (Å²) in [7, 11) is 0. The summed E-state index contributed by atoms with van der Waals surface area (Å²) in [6.07, 6.45) is -2.88. The molecule has 1 heterocycles. The predicted octanol–water partition coefficient (Wildman–Crippen LogP) is 4.34. The first-order valence-electron chi connectivity index (χ1n) is 6.52. The van der Waals surface area contributed by atoms with Crippen molar-refractivity contribution < 1.29 is 13.2 Å². The third-order valence-corrected chi connectivity index (χ3v) is 3.29. The molecule has 0 saturated heterocycles. The molecule has 0 atom stereocenters. The van der Waals surface area contributed by atoms with Gasteiger partial charge in [-0.15, -0.1) is 0 Å². The van der Waals surface area contributed by atoms with Gasteiger partial charge in [-0.2, -0.15) is 13.2 Å². The van der Waals surface area contributed by atoms with E-state index in [1.807, 2.05) is 6.07 Å². The Labute approximate surface area is 124 Å². The summed E-state index contributed by atoms with van der Waals surface area (Å²) in [5, 5.41) is 0. The number of nitrogens with one attached hydrogen (secondary N) is 1. The number of anilines is 1. The zero-order valence-electron chi connectivity index (χ0n) is 11.4. The van der Waals surface area contributed by atoms with Gasteiger partial charge in [0.05, 0.1) is 17.5 Å². The second-order valence-corrected chi connectivity index (χ2v) is 4.81. The SMILES string of the molecule is Nc1ccccc1-c1ncc(-c2cccc(C(F)(F)F)c2)[nH]1. The summed E-state index contributed by atoms with van der Waals surface area (Å²) in [5.74, 6) is 0.519. The van der Waals surface area contributed by atoms with E-state index < -0.39 is 11.7 Å². The van der Waals surface area contributed by atoms with Crippen molar-refractivity contribution >= 4 is 5.69 Å². The van der Waals surface area contributed by atoms with Crippen LogP contribution in [0.1, 0.15) is 5.56 Å². The lowest BCUT2D eigenvalue weighted by molar-refractivity contribution is -0.137. The molecule has 3 aromatic rings. The summed E-state index contributed by atoms with van der Waals surface area (Å²) in [6, 6.07) is 12.2. The molecule has 0 radical (unpaired) electrons. The fraction of sp³-hybridized carbons (Fsp3) is 0.0625. The number of aromatic amines is 1. The molecule has 0 fully saturated rings. The number of nitrogens with zero attached hydrogens (tertiary/aromatic N) is 1. The van der Waals surface area contributed by atoms with E-state index in [1.54, 1.807) is 24.3 Å². The standard InChI is InChI=1S/C16H12F3N3/c17-16(18,19)11-5-3-4-10(8-11)14-9-21-15(22-14)12-6-1-2-7-13(12)20/h1-9H,20H2,(H,21,22). The number of nitrogen functional groups attached to an aromatic ring is 1. The highest BCUT2D eigenvalue weighted by Gasteiger charge is 2.30. The number of hydrogen-bond acceptors (Lipinski definition) is 2. The summed E-state index contributed by atoms with van der Waals surface area (Å²) < 4.78 is 38.3. The van der Waals surface area contributed by atoms with E-state index in [1.165, 1.54) is 12.3 Å². The number of imidazole rings is 1. The molecule has 0 aliphatic rings. The fourth-order valence-corrected chi connectivity index (χ4v) is 2.18. The van der Waals surface area contributed by atoms with Crippen LogP contribution in [0, 0.1) is 0 Å². The second-order valence-electron chi connectivity index (χ2n) is 4.81. The molecule has 3 rings (SSSR count). The topological polar surface area (TPSA) is 54.7 Å². The van der Waals surface area contributed by atoms with Crippen molar-refractivity contribution in [2.75, 3.05) is 5.73 Å². The number of aromatic nitrogens is 2. The average molecular weight is 303 g/mol. The monoisotopic (exact) mass is 303 g/mol. The predicted molar refractivity (Wildman–Crippen MR) is 78.9 cm³/mol. The van der Waals surface area contributed by atoms with Gasteiger partial charge in [-0.25, -0.2) is 4.98 Å². The molecule has 112 valence electrons. The summed E-state index contributed by atoms with van der Waals surface area (Å²) in [5.41, 5.74) is 7.36. The van der Waals surface area contributed by atoms with E-state index in [2.05, 4.69) is 9.97 Å². The van der Waals surface area contributed by atoms with Crippen LogP contribution in [0.3, 0.4) is 0 Å². The van der Waals surface area contributed by atoms with Gasteiger partial charge in [0.25, 0.3) is 0 Å². The summed E-state index contributed by atoms with van der Waals surface area (Å²) in [4.78, 5) is 7.21. The Kier molecular flexibility index (Phi) is 3.36. The Balaban J connectivity index is 2.00. The first-order chi connectivity index (χ1) is 10.4. The number of nitrogens with two attached hydrogens (primary N) is 1. The number of rotatable bonds is 2. The van der Waals surface area contributed by atoms with Gasteiger partial charge in [-0.1, -0.05) is 24.3 Å². The normalized spacial score (nSPS) is 11.6. The molecule has 3 nitrogen and oxygen atoms in total. The van der Waals surface area contributed by atoms with Gasteiger partial charge in [-0.05, 0) is 24.3 Å². The van der Waals surface area contributed by atoms with Crippen LogP contribution >= 0.6 is 0 Å². The van der Waals surface area contributed by atoms with Crippen LogP contribution in [-0.2, 0) is 6.18 Å². The van der Waals surface area contributed by atoms with Crippen LogP contribution in [0.4, 0.5) is 18.9 Å². The van der Waals surface area contributed by atoms with Gasteiger partial charge in [0.1, 0.15) is 5.82 Å². The Morgan fingerprint density at radius 3 is 2.50 bits per heavy atom. The molecule has 2 aromatic carbocycles. The molecule has 6 heteroatoms. The largest absolute Gasteiger partial charge is 0.416 e. The Hall–Kier alpha value is -2.76. The third kappa shape index (κ3) is 2.67. The molecule has 22 heavy (non-hydrogen) atoms. The van der Waals surface area contributed by atoms with Gasteiger partial charge in [0, 0.05) is 16.8 Å². The number of H-pyrrole nitrogens is 1. The number of benzene rings is 2. The van der Waals surface area contributed by atoms with E-state index in [9.17, 15) is 13.2 Å². The number of halogens is 3. The molecular weight excluding hydrogens is 291 g/mol. The molecule has 0 bridgehead atoms. The van der Waals surface area contributed by atoms with Crippen molar-refractivity contribution in [3.05, 3.63) is 60.3 Å².